The molecule has 2 aromatic carbocycles. The predicted octanol–water partition coefficient (Wildman–Crippen LogP) is 9.88. The topological polar surface area (TPSA) is 18.5 Å². The van der Waals surface area contributed by atoms with Gasteiger partial charge < -0.3 is 0 Å². The third-order valence-corrected chi connectivity index (χ3v) is 6.47. The molecule has 2 aromatic rings. The first-order valence-corrected chi connectivity index (χ1v) is 13.0. The zero-order valence-electron chi connectivity index (χ0n) is 24.0. The van der Waals surface area contributed by atoms with E-state index in [9.17, 15) is 0 Å². The van der Waals surface area contributed by atoms with Gasteiger partial charge in [-0.25, -0.2) is 9.78 Å². The van der Waals surface area contributed by atoms with Crippen LogP contribution in [0, 0.1) is 10.8 Å². The van der Waals surface area contributed by atoms with Crippen molar-refractivity contribution in [2.75, 3.05) is 0 Å². The van der Waals surface area contributed by atoms with Gasteiger partial charge in [0, 0.05) is 0 Å². The molecule has 0 amide bonds. The summed E-state index contributed by atoms with van der Waals surface area (Å²) in [6.45, 7) is 26.9. The van der Waals surface area contributed by atoms with Gasteiger partial charge in [-0.3, -0.25) is 0 Å². The molecule has 2 unspecified atom stereocenters. The summed E-state index contributed by atoms with van der Waals surface area (Å²) in [4.78, 5) is 13.2. The van der Waals surface area contributed by atoms with Crippen LogP contribution in [0.25, 0.3) is 0 Å². The quantitative estimate of drug-likeness (QED) is 0.270. The van der Waals surface area contributed by atoms with Crippen molar-refractivity contribution in [1.29, 1.82) is 0 Å². The van der Waals surface area contributed by atoms with Gasteiger partial charge >= 0.3 is 0 Å². The van der Waals surface area contributed by atoms with Crippen LogP contribution in [-0.4, -0.2) is 0 Å². The van der Waals surface area contributed by atoms with Gasteiger partial charge in [-0.1, -0.05) is 118 Å². The Labute approximate surface area is 210 Å². The third-order valence-electron chi connectivity index (χ3n) is 6.47. The van der Waals surface area contributed by atoms with Gasteiger partial charge in [-0.2, -0.15) is 0 Å². The Balaban J connectivity index is 2.51. The molecule has 0 aliphatic heterocycles. The Morgan fingerprint density at radius 3 is 1.15 bits per heavy atom. The summed E-state index contributed by atoms with van der Waals surface area (Å²) in [7, 11) is 0. The molecule has 0 aromatic heterocycles. The average molecular weight is 467 g/mol. The summed E-state index contributed by atoms with van der Waals surface area (Å²) >= 11 is 0. The van der Waals surface area contributed by atoms with Crippen molar-refractivity contribution < 1.29 is 9.78 Å². The SMILES string of the molecule is CC(C)c1cccc(C(C)(CC(C)(C)C)OOC(C)(CC(C)(C)C)c2cccc(C(C)C)c2)c1. The molecule has 0 fully saturated rings. The second kappa shape index (κ2) is 10.5. The van der Waals surface area contributed by atoms with Crippen LogP contribution in [-0.2, 0) is 21.0 Å². The molecule has 2 heteroatoms. The van der Waals surface area contributed by atoms with Crippen LogP contribution in [0.15, 0.2) is 48.5 Å². The monoisotopic (exact) mass is 466 g/mol. The molecule has 2 atom stereocenters. The second-order valence-electron chi connectivity index (χ2n) is 13.7. The van der Waals surface area contributed by atoms with Crippen LogP contribution in [0.1, 0.15) is 130 Å². The molecule has 2 nitrogen and oxygen atoms in total. The van der Waals surface area contributed by atoms with E-state index < -0.39 is 11.2 Å². The van der Waals surface area contributed by atoms with Gasteiger partial charge in [0.1, 0.15) is 11.2 Å². The van der Waals surface area contributed by atoms with E-state index in [2.05, 4.69) is 132 Å². The number of rotatable bonds is 9. The highest BCUT2D eigenvalue weighted by Gasteiger charge is 2.40. The highest BCUT2D eigenvalue weighted by Crippen LogP contribution is 2.44. The molecular formula is C32H50O2. The Bertz CT molecular complexity index is 851. The summed E-state index contributed by atoms with van der Waals surface area (Å²) in [6.07, 6.45) is 1.69. The smallest absolute Gasteiger partial charge is 0.126 e. The summed E-state index contributed by atoms with van der Waals surface area (Å²) in [5, 5.41) is 0. The van der Waals surface area contributed by atoms with E-state index in [0.717, 1.165) is 12.8 Å². The minimum absolute atomic E-state index is 0.0733. The highest BCUT2D eigenvalue weighted by atomic mass is 17.2. The van der Waals surface area contributed by atoms with Crippen LogP contribution in [0.4, 0.5) is 0 Å². The fourth-order valence-corrected chi connectivity index (χ4v) is 5.02. The summed E-state index contributed by atoms with van der Waals surface area (Å²) < 4.78 is 0. The highest BCUT2D eigenvalue weighted by molar-refractivity contribution is 5.31. The summed E-state index contributed by atoms with van der Waals surface area (Å²) in [6, 6.07) is 17.6. The molecule has 0 N–H and O–H groups in total. The maximum Gasteiger partial charge on any atom is 0.126 e. The molecule has 0 aliphatic carbocycles. The van der Waals surface area contributed by atoms with Crippen molar-refractivity contribution in [3.05, 3.63) is 70.8 Å². The van der Waals surface area contributed by atoms with Gasteiger partial charge in [0.05, 0.1) is 0 Å². The Kier molecular flexibility index (Phi) is 8.87. The molecule has 34 heavy (non-hydrogen) atoms. The van der Waals surface area contributed by atoms with E-state index in [4.69, 9.17) is 9.78 Å². The fourth-order valence-electron chi connectivity index (χ4n) is 5.02. The molecule has 0 bridgehead atoms. The normalized spacial score (nSPS) is 16.5. The van der Waals surface area contributed by atoms with Crippen molar-refractivity contribution in [3.63, 3.8) is 0 Å². The van der Waals surface area contributed by atoms with Crippen LogP contribution < -0.4 is 0 Å². The van der Waals surface area contributed by atoms with E-state index in [1.807, 2.05) is 0 Å². The molecule has 0 aliphatic rings. The molecule has 0 heterocycles. The van der Waals surface area contributed by atoms with Crippen molar-refractivity contribution in [3.8, 4) is 0 Å². The Hall–Kier alpha value is -1.64. The Morgan fingerprint density at radius 1 is 0.559 bits per heavy atom. The van der Waals surface area contributed by atoms with Crippen LogP contribution >= 0.6 is 0 Å². The lowest BCUT2D eigenvalue weighted by molar-refractivity contribution is -0.424. The number of benzene rings is 2. The first-order valence-electron chi connectivity index (χ1n) is 13.0. The molecule has 2 rings (SSSR count). The van der Waals surface area contributed by atoms with Crippen molar-refractivity contribution in [2.45, 2.75) is 119 Å². The molecular weight excluding hydrogens is 416 g/mol. The maximum absolute atomic E-state index is 6.59. The Morgan fingerprint density at radius 2 is 0.882 bits per heavy atom. The standard InChI is InChI=1S/C32H50O2/c1-23(2)25-15-13-17-27(19-25)31(11,21-29(5,6)7)33-34-32(12,22-30(8,9)10)28-18-14-16-26(20-28)24(3)4/h13-20,23-24H,21-22H2,1-12H3. The molecule has 0 saturated heterocycles. The van der Waals surface area contributed by atoms with Gasteiger partial charge in [0.15, 0.2) is 0 Å². The fraction of sp³-hybridized carbons (Fsp3) is 0.625. The van der Waals surface area contributed by atoms with E-state index >= 15 is 0 Å². The van der Waals surface area contributed by atoms with Crippen molar-refractivity contribution in [2.24, 2.45) is 10.8 Å². The maximum atomic E-state index is 6.59. The van der Waals surface area contributed by atoms with Gasteiger partial charge in [-0.15, -0.1) is 0 Å². The molecule has 0 spiro atoms. The lowest BCUT2D eigenvalue weighted by Gasteiger charge is -2.41. The zero-order valence-corrected chi connectivity index (χ0v) is 24.0. The molecule has 0 radical (unpaired) electrons. The van der Waals surface area contributed by atoms with Crippen molar-refractivity contribution in [1.82, 2.24) is 0 Å². The number of hydrogen-bond acceptors (Lipinski definition) is 2. The second-order valence-corrected chi connectivity index (χ2v) is 13.7. The molecule has 190 valence electrons. The number of hydrogen-bond donors (Lipinski definition) is 0. The van der Waals surface area contributed by atoms with Crippen LogP contribution in [0.3, 0.4) is 0 Å². The minimum atomic E-state index is -0.571. The summed E-state index contributed by atoms with van der Waals surface area (Å²) in [5.74, 6) is 0.925. The predicted molar refractivity (Wildman–Crippen MR) is 146 cm³/mol. The lowest BCUT2D eigenvalue weighted by atomic mass is 9.78. The van der Waals surface area contributed by atoms with Gasteiger partial charge in [0.25, 0.3) is 0 Å². The van der Waals surface area contributed by atoms with Gasteiger partial charge in [-0.05, 0) is 71.6 Å². The molecule has 0 saturated carbocycles. The van der Waals surface area contributed by atoms with Gasteiger partial charge in [0.2, 0.25) is 0 Å². The largest absolute Gasteiger partial charge is 0.225 e. The summed E-state index contributed by atoms with van der Waals surface area (Å²) in [5.41, 5.74) is 3.99. The van der Waals surface area contributed by atoms with E-state index in [1.165, 1.54) is 22.3 Å². The van der Waals surface area contributed by atoms with Crippen LogP contribution in [0.2, 0.25) is 0 Å². The van der Waals surface area contributed by atoms with Crippen molar-refractivity contribution >= 4 is 0 Å². The lowest BCUT2D eigenvalue weighted by Crippen LogP contribution is -2.38. The van der Waals surface area contributed by atoms with E-state index in [-0.39, 0.29) is 10.8 Å². The minimum Gasteiger partial charge on any atom is -0.225 e. The first kappa shape index (κ1) is 28.6. The zero-order chi connectivity index (χ0) is 25.9. The first-order chi connectivity index (χ1) is 15.4. The van der Waals surface area contributed by atoms with E-state index in [0.29, 0.717) is 11.8 Å². The average Bonchev–Trinajstić information content (AvgIpc) is 2.70. The third kappa shape index (κ3) is 7.95. The van der Waals surface area contributed by atoms with E-state index in [1.54, 1.807) is 0 Å². The van der Waals surface area contributed by atoms with Crippen LogP contribution in [0.5, 0.6) is 0 Å².